The SMILES string of the molecule is CCNc1cc(S(=O)(=O)NC(C)(C)COC)ccn1. The zero-order valence-corrected chi connectivity index (χ0v) is 12.5. The van der Waals surface area contributed by atoms with Crippen LogP contribution >= 0.6 is 0 Å². The van der Waals surface area contributed by atoms with Gasteiger partial charge in [0.05, 0.1) is 17.0 Å². The molecule has 0 aromatic carbocycles. The molecule has 0 radical (unpaired) electrons. The highest BCUT2D eigenvalue weighted by atomic mass is 32.2. The van der Waals surface area contributed by atoms with E-state index in [4.69, 9.17) is 4.74 Å². The summed E-state index contributed by atoms with van der Waals surface area (Å²) in [7, 11) is -2.06. The first-order valence-electron chi connectivity index (χ1n) is 6.03. The Kier molecular flexibility index (Phi) is 5.28. The van der Waals surface area contributed by atoms with Gasteiger partial charge in [0.25, 0.3) is 0 Å². The molecule has 1 heterocycles. The van der Waals surface area contributed by atoms with Crippen molar-refractivity contribution in [1.29, 1.82) is 0 Å². The van der Waals surface area contributed by atoms with E-state index >= 15 is 0 Å². The Morgan fingerprint density at radius 3 is 2.68 bits per heavy atom. The van der Waals surface area contributed by atoms with Crippen molar-refractivity contribution in [2.24, 2.45) is 0 Å². The molecule has 0 aliphatic rings. The zero-order chi connectivity index (χ0) is 14.5. The lowest BCUT2D eigenvalue weighted by atomic mass is 10.1. The van der Waals surface area contributed by atoms with Crippen molar-refractivity contribution in [3.8, 4) is 0 Å². The second-order valence-electron chi connectivity index (χ2n) is 4.83. The van der Waals surface area contributed by atoms with Crippen molar-refractivity contribution in [2.45, 2.75) is 31.2 Å². The summed E-state index contributed by atoms with van der Waals surface area (Å²) in [5, 5.41) is 2.98. The molecule has 108 valence electrons. The minimum atomic E-state index is -3.59. The molecule has 0 saturated heterocycles. The smallest absolute Gasteiger partial charge is 0.241 e. The van der Waals surface area contributed by atoms with Gasteiger partial charge in [-0.15, -0.1) is 0 Å². The van der Waals surface area contributed by atoms with Crippen molar-refractivity contribution < 1.29 is 13.2 Å². The van der Waals surface area contributed by atoms with E-state index < -0.39 is 15.6 Å². The molecule has 1 aromatic heterocycles. The third-order valence-electron chi connectivity index (χ3n) is 2.32. The molecule has 1 aromatic rings. The molecular weight excluding hydrogens is 266 g/mol. The summed E-state index contributed by atoms with van der Waals surface area (Å²) in [5.41, 5.74) is -0.671. The van der Waals surface area contributed by atoms with Crippen LogP contribution in [0.4, 0.5) is 5.82 Å². The van der Waals surface area contributed by atoms with Crippen molar-refractivity contribution >= 4 is 15.8 Å². The first kappa shape index (κ1) is 15.9. The van der Waals surface area contributed by atoms with Crippen molar-refractivity contribution in [3.05, 3.63) is 18.3 Å². The van der Waals surface area contributed by atoms with Gasteiger partial charge in [0.2, 0.25) is 10.0 Å². The number of pyridine rings is 1. The fraction of sp³-hybridized carbons (Fsp3) is 0.583. The van der Waals surface area contributed by atoms with Crippen LogP contribution in [0.5, 0.6) is 0 Å². The molecule has 0 amide bonds. The largest absolute Gasteiger partial charge is 0.383 e. The summed E-state index contributed by atoms with van der Waals surface area (Å²) in [4.78, 5) is 4.23. The van der Waals surface area contributed by atoms with Gasteiger partial charge in [-0.25, -0.2) is 18.1 Å². The quantitative estimate of drug-likeness (QED) is 0.788. The Morgan fingerprint density at radius 1 is 1.42 bits per heavy atom. The number of anilines is 1. The van der Waals surface area contributed by atoms with Gasteiger partial charge in [0.1, 0.15) is 5.82 Å². The number of hydrogen-bond acceptors (Lipinski definition) is 5. The van der Waals surface area contributed by atoms with E-state index in [2.05, 4.69) is 15.0 Å². The van der Waals surface area contributed by atoms with Gasteiger partial charge in [0, 0.05) is 25.9 Å². The van der Waals surface area contributed by atoms with Crippen LogP contribution in [0.25, 0.3) is 0 Å². The molecule has 0 saturated carbocycles. The first-order chi connectivity index (χ1) is 8.80. The van der Waals surface area contributed by atoms with Crippen LogP contribution in [0.15, 0.2) is 23.2 Å². The summed E-state index contributed by atoms with van der Waals surface area (Å²) in [6.07, 6.45) is 1.47. The van der Waals surface area contributed by atoms with Gasteiger partial charge in [0.15, 0.2) is 0 Å². The Morgan fingerprint density at radius 2 is 2.11 bits per heavy atom. The number of methoxy groups -OCH3 is 1. The number of rotatable bonds is 7. The lowest BCUT2D eigenvalue weighted by Crippen LogP contribution is -2.46. The maximum absolute atomic E-state index is 12.3. The average molecular weight is 287 g/mol. The third-order valence-corrected chi connectivity index (χ3v) is 4.01. The molecule has 7 heteroatoms. The second kappa shape index (κ2) is 6.31. The number of nitrogens with zero attached hydrogens (tertiary/aromatic N) is 1. The van der Waals surface area contributed by atoms with Crippen LogP contribution in [0.3, 0.4) is 0 Å². The predicted octanol–water partition coefficient (Wildman–Crippen LogP) is 1.22. The first-order valence-corrected chi connectivity index (χ1v) is 7.52. The van der Waals surface area contributed by atoms with E-state index in [9.17, 15) is 8.42 Å². The Bertz CT molecular complexity index is 515. The van der Waals surface area contributed by atoms with E-state index in [1.165, 1.54) is 25.4 Å². The van der Waals surface area contributed by atoms with Gasteiger partial charge in [-0.3, -0.25) is 0 Å². The normalized spacial score (nSPS) is 12.4. The lowest BCUT2D eigenvalue weighted by molar-refractivity contribution is 0.141. The highest BCUT2D eigenvalue weighted by molar-refractivity contribution is 7.89. The van der Waals surface area contributed by atoms with Gasteiger partial charge >= 0.3 is 0 Å². The van der Waals surface area contributed by atoms with Crippen LogP contribution in [-0.2, 0) is 14.8 Å². The van der Waals surface area contributed by atoms with Gasteiger partial charge < -0.3 is 10.1 Å². The molecule has 19 heavy (non-hydrogen) atoms. The molecule has 0 aliphatic heterocycles. The number of ether oxygens (including phenoxy) is 1. The number of sulfonamides is 1. The van der Waals surface area contributed by atoms with Crippen LogP contribution in [-0.4, -0.2) is 39.2 Å². The van der Waals surface area contributed by atoms with E-state index in [0.717, 1.165) is 0 Å². The lowest BCUT2D eigenvalue weighted by Gasteiger charge is -2.24. The fourth-order valence-corrected chi connectivity index (χ4v) is 3.08. The summed E-state index contributed by atoms with van der Waals surface area (Å²) in [6, 6.07) is 2.97. The molecule has 0 bridgehead atoms. The molecule has 0 fully saturated rings. The number of hydrogen-bond donors (Lipinski definition) is 2. The van der Waals surface area contributed by atoms with E-state index in [0.29, 0.717) is 12.4 Å². The summed E-state index contributed by atoms with van der Waals surface area (Å²) in [6.45, 7) is 6.42. The topological polar surface area (TPSA) is 80.3 Å². The van der Waals surface area contributed by atoms with E-state index in [1.807, 2.05) is 6.92 Å². The van der Waals surface area contributed by atoms with Crippen molar-refractivity contribution in [2.75, 3.05) is 25.6 Å². The average Bonchev–Trinajstić information content (AvgIpc) is 2.28. The van der Waals surface area contributed by atoms with Gasteiger partial charge in [-0.2, -0.15) is 0 Å². The minimum Gasteiger partial charge on any atom is -0.383 e. The maximum Gasteiger partial charge on any atom is 0.241 e. The fourth-order valence-electron chi connectivity index (χ4n) is 1.67. The molecule has 0 aliphatic carbocycles. The Balaban J connectivity index is 2.97. The van der Waals surface area contributed by atoms with Crippen LogP contribution in [0, 0.1) is 0 Å². The van der Waals surface area contributed by atoms with Crippen LogP contribution in [0.2, 0.25) is 0 Å². The Labute approximate surface area is 114 Å². The van der Waals surface area contributed by atoms with E-state index in [-0.39, 0.29) is 11.5 Å². The third kappa shape index (κ3) is 4.77. The molecule has 6 nitrogen and oxygen atoms in total. The maximum atomic E-state index is 12.3. The summed E-state index contributed by atoms with van der Waals surface area (Å²) in [5.74, 6) is 0.537. The second-order valence-corrected chi connectivity index (χ2v) is 6.51. The minimum absolute atomic E-state index is 0.183. The molecule has 0 atom stereocenters. The number of aromatic nitrogens is 1. The van der Waals surface area contributed by atoms with Gasteiger partial charge in [-0.05, 0) is 26.8 Å². The Hall–Kier alpha value is -1.18. The zero-order valence-electron chi connectivity index (χ0n) is 11.7. The van der Waals surface area contributed by atoms with Crippen molar-refractivity contribution in [1.82, 2.24) is 9.71 Å². The molecule has 2 N–H and O–H groups in total. The van der Waals surface area contributed by atoms with Crippen molar-refractivity contribution in [3.63, 3.8) is 0 Å². The highest BCUT2D eigenvalue weighted by Gasteiger charge is 2.26. The predicted molar refractivity (Wildman–Crippen MR) is 74.7 cm³/mol. The summed E-state index contributed by atoms with van der Waals surface area (Å²) < 4.78 is 32.1. The monoisotopic (exact) mass is 287 g/mol. The summed E-state index contributed by atoms with van der Waals surface area (Å²) >= 11 is 0. The standard InChI is InChI=1S/C12H21N3O3S/c1-5-13-11-8-10(6-7-14-11)19(16,17)15-12(2,3)9-18-4/h6-8,15H,5,9H2,1-4H3,(H,13,14). The van der Waals surface area contributed by atoms with Crippen LogP contribution < -0.4 is 10.0 Å². The molecule has 0 spiro atoms. The molecule has 0 unspecified atom stereocenters. The molecular formula is C12H21N3O3S. The highest BCUT2D eigenvalue weighted by Crippen LogP contribution is 2.15. The molecule has 1 rings (SSSR count). The van der Waals surface area contributed by atoms with Gasteiger partial charge in [-0.1, -0.05) is 0 Å². The number of nitrogens with one attached hydrogen (secondary N) is 2. The van der Waals surface area contributed by atoms with E-state index in [1.54, 1.807) is 13.8 Å². The van der Waals surface area contributed by atoms with Crippen LogP contribution in [0.1, 0.15) is 20.8 Å².